The highest BCUT2D eigenvalue weighted by Gasteiger charge is 2.14. The lowest BCUT2D eigenvalue weighted by atomic mass is 10.1. The molecule has 0 saturated carbocycles. The number of rotatable bonds is 8. The Morgan fingerprint density at radius 1 is 0.829 bits per heavy atom. The van der Waals surface area contributed by atoms with Gasteiger partial charge in [0.1, 0.15) is 5.70 Å². The van der Waals surface area contributed by atoms with E-state index in [4.69, 9.17) is 9.47 Å². The molecule has 3 aromatic carbocycles. The lowest BCUT2D eigenvalue weighted by Gasteiger charge is -2.13. The average Bonchev–Trinajstić information content (AvgIpc) is 2.85. The van der Waals surface area contributed by atoms with E-state index in [1.54, 1.807) is 66.7 Å². The predicted octanol–water partition coefficient (Wildman–Crippen LogP) is 4.38. The number of benzene rings is 3. The van der Waals surface area contributed by atoms with E-state index in [-0.39, 0.29) is 17.5 Å². The van der Waals surface area contributed by atoms with Crippen molar-refractivity contribution in [3.8, 4) is 11.5 Å². The zero-order chi connectivity index (χ0) is 25.4. The number of anilines is 2. The predicted molar refractivity (Wildman–Crippen MR) is 136 cm³/mol. The Bertz CT molecular complexity index is 1270. The lowest BCUT2D eigenvalue weighted by molar-refractivity contribution is -0.120. The second kappa shape index (κ2) is 11.5. The Hall–Kier alpha value is -4.59. The topological polar surface area (TPSA) is 106 Å². The molecule has 0 saturated heterocycles. The third-order valence-electron chi connectivity index (χ3n) is 5.04. The fourth-order valence-corrected chi connectivity index (χ4v) is 3.32. The molecule has 8 heteroatoms. The summed E-state index contributed by atoms with van der Waals surface area (Å²) in [6.07, 6.45) is 1.54. The molecule has 3 N–H and O–H groups in total. The van der Waals surface area contributed by atoms with Gasteiger partial charge in [-0.1, -0.05) is 24.3 Å². The molecule has 0 atom stereocenters. The minimum absolute atomic E-state index is 0.0591. The Labute approximate surface area is 204 Å². The second-order valence-electron chi connectivity index (χ2n) is 7.66. The van der Waals surface area contributed by atoms with E-state index in [0.717, 1.165) is 5.56 Å². The highest BCUT2D eigenvalue weighted by Crippen LogP contribution is 2.28. The van der Waals surface area contributed by atoms with Gasteiger partial charge < -0.3 is 25.4 Å². The number of amides is 3. The molecule has 3 rings (SSSR count). The standard InChI is InChI=1S/C27H27N3O5/c1-17-14-21(11-12-22(17)30-26(32)20-8-6-5-7-9-20)29-27(33)23(28-18(2)31)15-19-10-13-24(34-3)25(16-19)35-4/h5-16H,1-4H3,(H,28,31)(H,29,33)(H,30,32)/b23-15-. The van der Waals surface area contributed by atoms with Crippen LogP contribution in [0.25, 0.3) is 6.08 Å². The van der Waals surface area contributed by atoms with Gasteiger partial charge in [-0.3, -0.25) is 14.4 Å². The van der Waals surface area contributed by atoms with Crippen molar-refractivity contribution in [3.63, 3.8) is 0 Å². The van der Waals surface area contributed by atoms with Gasteiger partial charge in [0.25, 0.3) is 11.8 Å². The Morgan fingerprint density at radius 2 is 1.54 bits per heavy atom. The van der Waals surface area contributed by atoms with Crippen LogP contribution in [-0.2, 0) is 9.59 Å². The molecule has 0 radical (unpaired) electrons. The Morgan fingerprint density at radius 3 is 2.17 bits per heavy atom. The summed E-state index contributed by atoms with van der Waals surface area (Å²) in [6.45, 7) is 3.15. The molecular formula is C27H27N3O5. The van der Waals surface area contributed by atoms with E-state index in [9.17, 15) is 14.4 Å². The summed E-state index contributed by atoms with van der Waals surface area (Å²) in [6, 6.07) is 19.2. The van der Waals surface area contributed by atoms with Gasteiger partial charge in [-0.2, -0.15) is 0 Å². The maximum absolute atomic E-state index is 13.0. The quantitative estimate of drug-likeness (QED) is 0.421. The summed E-state index contributed by atoms with van der Waals surface area (Å²) in [5, 5.41) is 8.21. The summed E-state index contributed by atoms with van der Waals surface area (Å²) in [7, 11) is 3.05. The van der Waals surface area contributed by atoms with Crippen molar-refractivity contribution < 1.29 is 23.9 Å². The van der Waals surface area contributed by atoms with Gasteiger partial charge in [-0.05, 0) is 66.6 Å². The van der Waals surface area contributed by atoms with Gasteiger partial charge in [0.15, 0.2) is 11.5 Å². The van der Waals surface area contributed by atoms with Crippen LogP contribution in [0.15, 0.2) is 72.4 Å². The van der Waals surface area contributed by atoms with Crippen molar-refractivity contribution in [2.75, 3.05) is 24.9 Å². The van der Waals surface area contributed by atoms with Crippen molar-refractivity contribution in [1.82, 2.24) is 5.32 Å². The first-order valence-corrected chi connectivity index (χ1v) is 10.8. The summed E-state index contributed by atoms with van der Waals surface area (Å²) < 4.78 is 10.5. The van der Waals surface area contributed by atoms with Crippen LogP contribution in [-0.4, -0.2) is 31.9 Å². The van der Waals surface area contributed by atoms with Gasteiger partial charge in [-0.25, -0.2) is 0 Å². The van der Waals surface area contributed by atoms with Gasteiger partial charge in [-0.15, -0.1) is 0 Å². The highest BCUT2D eigenvalue weighted by molar-refractivity contribution is 6.09. The Balaban J connectivity index is 1.79. The number of carbonyl (C=O) groups excluding carboxylic acids is 3. The van der Waals surface area contributed by atoms with Crippen LogP contribution < -0.4 is 25.4 Å². The fraction of sp³-hybridized carbons (Fsp3) is 0.148. The fourth-order valence-electron chi connectivity index (χ4n) is 3.32. The summed E-state index contributed by atoms with van der Waals surface area (Å²) in [4.78, 5) is 37.1. The zero-order valence-corrected chi connectivity index (χ0v) is 20.0. The summed E-state index contributed by atoms with van der Waals surface area (Å²) >= 11 is 0. The first kappa shape index (κ1) is 25.0. The van der Waals surface area contributed by atoms with Crippen molar-refractivity contribution in [2.24, 2.45) is 0 Å². The van der Waals surface area contributed by atoms with E-state index in [1.165, 1.54) is 21.1 Å². The number of hydrogen-bond donors (Lipinski definition) is 3. The first-order valence-electron chi connectivity index (χ1n) is 10.8. The third kappa shape index (κ3) is 6.70. The lowest BCUT2D eigenvalue weighted by Crippen LogP contribution is -2.29. The van der Waals surface area contributed by atoms with Crippen molar-refractivity contribution in [1.29, 1.82) is 0 Å². The van der Waals surface area contributed by atoms with Gasteiger partial charge in [0.05, 0.1) is 14.2 Å². The smallest absolute Gasteiger partial charge is 0.272 e. The molecule has 0 spiro atoms. The molecule has 0 aliphatic carbocycles. The van der Waals surface area contributed by atoms with Crippen LogP contribution in [0.3, 0.4) is 0 Å². The van der Waals surface area contributed by atoms with E-state index < -0.39 is 5.91 Å². The monoisotopic (exact) mass is 473 g/mol. The Kier molecular flexibility index (Phi) is 8.24. The SMILES string of the molecule is COc1ccc(/C=C(\NC(C)=O)C(=O)Nc2ccc(NC(=O)c3ccccc3)c(C)c2)cc1OC. The molecule has 0 aromatic heterocycles. The molecule has 0 aliphatic heterocycles. The highest BCUT2D eigenvalue weighted by atomic mass is 16.5. The van der Waals surface area contributed by atoms with E-state index in [2.05, 4.69) is 16.0 Å². The first-order chi connectivity index (χ1) is 16.8. The van der Waals surface area contributed by atoms with E-state index in [0.29, 0.717) is 34.0 Å². The number of ether oxygens (including phenoxy) is 2. The van der Waals surface area contributed by atoms with Crippen molar-refractivity contribution in [3.05, 3.63) is 89.1 Å². The molecule has 8 nitrogen and oxygen atoms in total. The average molecular weight is 474 g/mol. The van der Waals surface area contributed by atoms with Crippen LogP contribution in [0.4, 0.5) is 11.4 Å². The summed E-state index contributed by atoms with van der Waals surface area (Å²) in [5.41, 5.74) is 3.13. The summed E-state index contributed by atoms with van der Waals surface area (Å²) in [5.74, 6) is -0.0773. The van der Waals surface area contributed by atoms with E-state index in [1.807, 2.05) is 13.0 Å². The minimum Gasteiger partial charge on any atom is -0.493 e. The number of aryl methyl sites for hydroxylation is 1. The van der Waals surface area contributed by atoms with Crippen LogP contribution in [0, 0.1) is 6.92 Å². The van der Waals surface area contributed by atoms with Crippen LogP contribution in [0.1, 0.15) is 28.4 Å². The molecule has 3 aromatic rings. The molecule has 3 amide bonds. The van der Waals surface area contributed by atoms with Crippen LogP contribution >= 0.6 is 0 Å². The second-order valence-corrected chi connectivity index (χ2v) is 7.66. The maximum Gasteiger partial charge on any atom is 0.272 e. The van der Waals surface area contributed by atoms with Gasteiger partial charge >= 0.3 is 0 Å². The normalized spacial score (nSPS) is 10.8. The van der Waals surface area contributed by atoms with Crippen molar-refractivity contribution >= 4 is 35.2 Å². The van der Waals surface area contributed by atoms with Crippen LogP contribution in [0.5, 0.6) is 11.5 Å². The molecule has 0 aliphatic rings. The molecular weight excluding hydrogens is 446 g/mol. The van der Waals surface area contributed by atoms with E-state index >= 15 is 0 Å². The number of methoxy groups -OCH3 is 2. The van der Waals surface area contributed by atoms with Gasteiger partial charge in [0.2, 0.25) is 5.91 Å². The molecule has 35 heavy (non-hydrogen) atoms. The van der Waals surface area contributed by atoms with Crippen LogP contribution in [0.2, 0.25) is 0 Å². The minimum atomic E-state index is -0.504. The largest absolute Gasteiger partial charge is 0.493 e. The van der Waals surface area contributed by atoms with Gasteiger partial charge in [0, 0.05) is 23.9 Å². The maximum atomic E-state index is 13.0. The number of nitrogens with one attached hydrogen (secondary N) is 3. The zero-order valence-electron chi connectivity index (χ0n) is 20.0. The third-order valence-corrected chi connectivity index (χ3v) is 5.04. The molecule has 180 valence electrons. The molecule has 0 fully saturated rings. The molecule has 0 heterocycles. The molecule has 0 bridgehead atoms. The number of hydrogen-bond acceptors (Lipinski definition) is 5. The van der Waals surface area contributed by atoms with Crippen molar-refractivity contribution in [2.45, 2.75) is 13.8 Å². The molecule has 0 unspecified atom stereocenters. The number of carbonyl (C=O) groups is 3.